The highest BCUT2D eigenvalue weighted by Gasteiger charge is 2.18. The highest BCUT2D eigenvalue weighted by molar-refractivity contribution is 5.99. The van der Waals surface area contributed by atoms with Crippen molar-refractivity contribution in [3.63, 3.8) is 0 Å². The van der Waals surface area contributed by atoms with Crippen LogP contribution in [0.15, 0.2) is 42.6 Å². The molecule has 0 saturated heterocycles. The van der Waals surface area contributed by atoms with Crippen molar-refractivity contribution < 1.29 is 14.3 Å². The van der Waals surface area contributed by atoms with E-state index in [0.717, 1.165) is 49.0 Å². The average Bonchev–Trinajstić information content (AvgIpc) is 3.17. The van der Waals surface area contributed by atoms with E-state index in [1.807, 2.05) is 30.5 Å². The maximum absolute atomic E-state index is 11.8. The Labute approximate surface area is 175 Å². The van der Waals surface area contributed by atoms with Crippen LogP contribution in [0.3, 0.4) is 0 Å². The smallest absolute Gasteiger partial charge is 0.169 e. The summed E-state index contributed by atoms with van der Waals surface area (Å²) in [5.74, 6) is 1.47. The number of hydrogen-bond donors (Lipinski definition) is 2. The molecule has 2 N–H and O–H groups in total. The number of unbranched alkanes of at least 4 members (excludes halogenated alkanes) is 1. The second kappa shape index (κ2) is 9.47. The topological polar surface area (TPSA) is 87.1 Å². The SMILES string of the molecule is N#Cc1ccc2[nH]cc(CCCCNCCOc3ccc4c(c3)OCCC4=O)c2c1. The number of benzene rings is 2. The molecule has 154 valence electrons. The number of ketones is 1. The molecule has 3 aromatic rings. The fraction of sp³-hybridized carbons (Fsp3) is 0.333. The maximum Gasteiger partial charge on any atom is 0.169 e. The van der Waals surface area contributed by atoms with Crippen LogP contribution in [0.2, 0.25) is 0 Å². The number of aryl methyl sites for hydroxylation is 1. The van der Waals surface area contributed by atoms with E-state index in [9.17, 15) is 4.79 Å². The lowest BCUT2D eigenvalue weighted by molar-refractivity contribution is 0.0933. The van der Waals surface area contributed by atoms with Crippen LogP contribution in [0.4, 0.5) is 0 Å². The number of aromatic nitrogens is 1. The van der Waals surface area contributed by atoms with Gasteiger partial charge in [-0.3, -0.25) is 4.79 Å². The Morgan fingerprint density at radius 3 is 3.00 bits per heavy atom. The molecule has 0 fully saturated rings. The van der Waals surface area contributed by atoms with Gasteiger partial charge in [0.15, 0.2) is 5.78 Å². The minimum absolute atomic E-state index is 0.127. The Kier molecular flexibility index (Phi) is 6.31. The largest absolute Gasteiger partial charge is 0.492 e. The predicted octanol–water partition coefficient (Wildman–Crippen LogP) is 4.00. The number of carbonyl (C=O) groups excluding carboxylic acids is 1. The molecule has 1 aliphatic heterocycles. The Bertz CT molecular complexity index is 1080. The van der Waals surface area contributed by atoms with Crippen LogP contribution < -0.4 is 14.8 Å². The lowest BCUT2D eigenvalue weighted by atomic mass is 10.1. The van der Waals surface area contributed by atoms with Crippen LogP contribution in [0.1, 0.15) is 40.7 Å². The quantitative estimate of drug-likeness (QED) is 0.528. The summed E-state index contributed by atoms with van der Waals surface area (Å²) in [5.41, 5.74) is 3.68. The van der Waals surface area contributed by atoms with Crippen LogP contribution >= 0.6 is 0 Å². The molecule has 4 rings (SSSR count). The van der Waals surface area contributed by atoms with E-state index >= 15 is 0 Å². The standard InChI is InChI=1S/C24H25N3O3/c25-15-17-4-7-22-21(13-17)18(16-27-22)3-1-2-9-26-10-12-29-19-5-6-20-23(28)8-11-30-24(20)14-19/h4-7,13-14,16,26-27H,1-3,8-12H2. The van der Waals surface area contributed by atoms with Crippen LogP contribution in [0, 0.1) is 11.3 Å². The fourth-order valence-electron chi connectivity index (χ4n) is 3.72. The van der Waals surface area contributed by atoms with Crippen molar-refractivity contribution in [3.8, 4) is 17.6 Å². The van der Waals surface area contributed by atoms with Gasteiger partial charge in [-0.25, -0.2) is 0 Å². The van der Waals surface area contributed by atoms with Gasteiger partial charge in [0, 0.05) is 36.1 Å². The van der Waals surface area contributed by atoms with E-state index in [2.05, 4.69) is 16.4 Å². The molecular formula is C24H25N3O3. The first-order chi connectivity index (χ1) is 14.7. The van der Waals surface area contributed by atoms with E-state index < -0.39 is 0 Å². The third kappa shape index (κ3) is 4.64. The Morgan fingerprint density at radius 2 is 2.10 bits per heavy atom. The molecule has 0 spiro atoms. The summed E-state index contributed by atoms with van der Waals surface area (Å²) in [6.45, 7) is 2.69. The fourth-order valence-corrected chi connectivity index (χ4v) is 3.72. The monoisotopic (exact) mass is 403 g/mol. The maximum atomic E-state index is 11.8. The summed E-state index contributed by atoms with van der Waals surface area (Å²) in [6, 6.07) is 13.4. The predicted molar refractivity (Wildman–Crippen MR) is 115 cm³/mol. The number of H-pyrrole nitrogens is 1. The Morgan fingerprint density at radius 1 is 1.17 bits per heavy atom. The van der Waals surface area contributed by atoms with Crippen LogP contribution in [0.25, 0.3) is 10.9 Å². The first-order valence-corrected chi connectivity index (χ1v) is 10.4. The molecular weight excluding hydrogens is 378 g/mol. The molecule has 1 aliphatic rings. The number of nitriles is 1. The molecule has 2 aromatic carbocycles. The van der Waals surface area contributed by atoms with E-state index in [1.54, 1.807) is 12.1 Å². The number of hydrogen-bond acceptors (Lipinski definition) is 5. The first-order valence-electron chi connectivity index (χ1n) is 10.4. The molecule has 2 heterocycles. The highest BCUT2D eigenvalue weighted by atomic mass is 16.5. The van der Waals surface area contributed by atoms with Crippen molar-refractivity contribution in [3.05, 3.63) is 59.3 Å². The second-order valence-electron chi connectivity index (χ2n) is 7.42. The second-order valence-corrected chi connectivity index (χ2v) is 7.42. The number of nitrogens with one attached hydrogen (secondary N) is 2. The Balaban J connectivity index is 1.14. The lowest BCUT2D eigenvalue weighted by Gasteiger charge is -2.17. The molecule has 1 aromatic heterocycles. The normalized spacial score (nSPS) is 13.0. The molecule has 6 nitrogen and oxygen atoms in total. The lowest BCUT2D eigenvalue weighted by Crippen LogP contribution is -2.22. The van der Waals surface area contributed by atoms with Gasteiger partial charge in [0.1, 0.15) is 18.1 Å². The first kappa shape index (κ1) is 20.0. The van der Waals surface area contributed by atoms with Crippen molar-refractivity contribution in [2.24, 2.45) is 0 Å². The molecule has 0 saturated carbocycles. The van der Waals surface area contributed by atoms with Gasteiger partial charge in [0.2, 0.25) is 0 Å². The van der Waals surface area contributed by atoms with Crippen molar-refractivity contribution in [1.29, 1.82) is 5.26 Å². The molecule has 6 heteroatoms. The number of carbonyl (C=O) groups is 1. The summed E-state index contributed by atoms with van der Waals surface area (Å²) in [5, 5.41) is 13.6. The molecule has 0 unspecified atom stereocenters. The van der Waals surface area contributed by atoms with Crippen molar-refractivity contribution >= 4 is 16.7 Å². The molecule has 0 radical (unpaired) electrons. The van der Waals surface area contributed by atoms with Gasteiger partial charge >= 0.3 is 0 Å². The van der Waals surface area contributed by atoms with Crippen LogP contribution in [-0.2, 0) is 6.42 Å². The Hall–Kier alpha value is -3.30. The summed E-state index contributed by atoms with van der Waals surface area (Å²) < 4.78 is 11.3. The zero-order valence-corrected chi connectivity index (χ0v) is 16.9. The summed E-state index contributed by atoms with van der Waals surface area (Å²) in [6.07, 6.45) is 5.62. The molecule has 0 bridgehead atoms. The number of ether oxygens (including phenoxy) is 2. The molecule has 0 amide bonds. The number of rotatable bonds is 9. The van der Waals surface area contributed by atoms with E-state index in [-0.39, 0.29) is 5.78 Å². The summed E-state index contributed by atoms with van der Waals surface area (Å²) in [4.78, 5) is 15.1. The van der Waals surface area contributed by atoms with E-state index in [1.165, 1.54) is 5.56 Å². The molecule has 30 heavy (non-hydrogen) atoms. The number of Topliss-reactive ketones (excluding diaryl/α,β-unsaturated/α-hetero) is 1. The third-order valence-corrected chi connectivity index (χ3v) is 5.33. The number of nitrogens with zero attached hydrogens (tertiary/aromatic N) is 1. The van der Waals surface area contributed by atoms with Gasteiger partial charge in [0.05, 0.1) is 23.8 Å². The minimum Gasteiger partial charge on any atom is -0.492 e. The average molecular weight is 403 g/mol. The molecule has 0 atom stereocenters. The van der Waals surface area contributed by atoms with Gasteiger partial charge in [0.25, 0.3) is 0 Å². The zero-order valence-electron chi connectivity index (χ0n) is 16.9. The van der Waals surface area contributed by atoms with Crippen molar-refractivity contribution in [2.45, 2.75) is 25.7 Å². The van der Waals surface area contributed by atoms with E-state index in [0.29, 0.717) is 36.5 Å². The zero-order chi connectivity index (χ0) is 20.8. The van der Waals surface area contributed by atoms with Gasteiger partial charge in [-0.1, -0.05) is 0 Å². The minimum atomic E-state index is 0.127. The van der Waals surface area contributed by atoms with Gasteiger partial charge in [-0.15, -0.1) is 0 Å². The van der Waals surface area contributed by atoms with Crippen molar-refractivity contribution in [2.75, 3.05) is 26.3 Å². The van der Waals surface area contributed by atoms with Gasteiger partial charge in [-0.05, 0) is 61.7 Å². The number of aromatic amines is 1. The third-order valence-electron chi connectivity index (χ3n) is 5.33. The molecule has 0 aliphatic carbocycles. The summed E-state index contributed by atoms with van der Waals surface area (Å²) in [7, 11) is 0. The van der Waals surface area contributed by atoms with Crippen LogP contribution in [-0.4, -0.2) is 37.1 Å². The summed E-state index contributed by atoms with van der Waals surface area (Å²) >= 11 is 0. The van der Waals surface area contributed by atoms with E-state index in [4.69, 9.17) is 14.7 Å². The van der Waals surface area contributed by atoms with Gasteiger partial charge in [-0.2, -0.15) is 5.26 Å². The highest BCUT2D eigenvalue weighted by Crippen LogP contribution is 2.29. The van der Waals surface area contributed by atoms with Gasteiger partial charge < -0.3 is 19.8 Å². The number of fused-ring (bicyclic) bond motifs is 2. The van der Waals surface area contributed by atoms with Crippen molar-refractivity contribution in [1.82, 2.24) is 10.3 Å². The van der Waals surface area contributed by atoms with Crippen LogP contribution in [0.5, 0.6) is 11.5 Å².